The summed E-state index contributed by atoms with van der Waals surface area (Å²) < 4.78 is 0. The first-order chi connectivity index (χ1) is 12.6. The van der Waals surface area contributed by atoms with Gasteiger partial charge in [-0.25, -0.2) is 0 Å². The molecule has 1 saturated heterocycles. The van der Waals surface area contributed by atoms with Crippen molar-refractivity contribution < 1.29 is 9.59 Å². The van der Waals surface area contributed by atoms with Crippen molar-refractivity contribution >= 4 is 34.1 Å². The van der Waals surface area contributed by atoms with Gasteiger partial charge in [-0.15, -0.1) is 0 Å². The Labute approximate surface area is 152 Å². The van der Waals surface area contributed by atoms with Gasteiger partial charge in [0.25, 0.3) is 0 Å². The quantitative estimate of drug-likeness (QED) is 0.754. The van der Waals surface area contributed by atoms with E-state index >= 15 is 0 Å². The van der Waals surface area contributed by atoms with Crippen molar-refractivity contribution in [3.63, 3.8) is 0 Å². The summed E-state index contributed by atoms with van der Waals surface area (Å²) in [5, 5.41) is 4.03. The Kier molecular flexibility index (Phi) is 4.21. The topological polar surface area (TPSA) is 65.2 Å². The SMILES string of the molecule is Cc1[nH]c2ccccc2c1CC(=O)Nc1ccc(N2CCCC2=O)cc1. The first-order valence-corrected chi connectivity index (χ1v) is 8.88. The van der Waals surface area contributed by atoms with E-state index < -0.39 is 0 Å². The van der Waals surface area contributed by atoms with Crippen molar-refractivity contribution in [3.05, 3.63) is 59.8 Å². The maximum Gasteiger partial charge on any atom is 0.228 e. The maximum atomic E-state index is 12.5. The van der Waals surface area contributed by atoms with Crippen LogP contribution in [0.2, 0.25) is 0 Å². The Bertz CT molecular complexity index is 973. The molecule has 0 radical (unpaired) electrons. The van der Waals surface area contributed by atoms with E-state index in [9.17, 15) is 9.59 Å². The van der Waals surface area contributed by atoms with Gasteiger partial charge in [-0.1, -0.05) is 18.2 Å². The molecule has 132 valence electrons. The van der Waals surface area contributed by atoms with E-state index in [1.807, 2.05) is 55.5 Å². The van der Waals surface area contributed by atoms with Gasteiger partial charge in [-0.2, -0.15) is 0 Å². The number of amides is 2. The lowest BCUT2D eigenvalue weighted by atomic mass is 10.1. The molecule has 2 amide bonds. The number of H-pyrrole nitrogens is 1. The fraction of sp³-hybridized carbons (Fsp3) is 0.238. The molecule has 3 aromatic rings. The predicted octanol–water partition coefficient (Wildman–Crippen LogP) is 3.78. The second-order valence-corrected chi connectivity index (χ2v) is 6.69. The number of fused-ring (bicyclic) bond motifs is 1. The average Bonchev–Trinajstić information content (AvgIpc) is 3.19. The Morgan fingerprint density at radius 2 is 1.92 bits per heavy atom. The zero-order valence-electron chi connectivity index (χ0n) is 14.7. The summed E-state index contributed by atoms with van der Waals surface area (Å²) in [5.74, 6) is 0.111. The highest BCUT2D eigenvalue weighted by Crippen LogP contribution is 2.24. The Morgan fingerprint density at radius 3 is 2.65 bits per heavy atom. The molecule has 5 nitrogen and oxygen atoms in total. The minimum Gasteiger partial charge on any atom is -0.358 e. The third-order valence-corrected chi connectivity index (χ3v) is 4.90. The molecule has 5 heteroatoms. The number of rotatable bonds is 4. The summed E-state index contributed by atoms with van der Waals surface area (Å²) in [5.41, 5.74) is 4.72. The first kappa shape index (κ1) is 16.4. The fourth-order valence-corrected chi connectivity index (χ4v) is 3.57. The van der Waals surface area contributed by atoms with Crippen molar-refractivity contribution in [2.45, 2.75) is 26.2 Å². The van der Waals surface area contributed by atoms with E-state index in [2.05, 4.69) is 10.3 Å². The van der Waals surface area contributed by atoms with Crippen molar-refractivity contribution in [1.29, 1.82) is 0 Å². The molecule has 2 N–H and O–H groups in total. The van der Waals surface area contributed by atoms with E-state index in [0.29, 0.717) is 12.8 Å². The van der Waals surface area contributed by atoms with E-state index in [4.69, 9.17) is 0 Å². The van der Waals surface area contributed by atoms with Gasteiger partial charge < -0.3 is 15.2 Å². The number of carbonyl (C=O) groups excluding carboxylic acids is 2. The molecule has 1 aromatic heterocycles. The maximum absolute atomic E-state index is 12.5. The van der Waals surface area contributed by atoms with Crippen molar-refractivity contribution in [1.82, 2.24) is 4.98 Å². The fourth-order valence-electron chi connectivity index (χ4n) is 3.57. The molecule has 4 rings (SSSR count). The van der Waals surface area contributed by atoms with Gasteiger partial charge >= 0.3 is 0 Å². The Balaban J connectivity index is 1.46. The number of carbonyl (C=O) groups is 2. The number of benzene rings is 2. The van der Waals surface area contributed by atoms with Crippen LogP contribution >= 0.6 is 0 Å². The highest BCUT2D eigenvalue weighted by Gasteiger charge is 2.21. The van der Waals surface area contributed by atoms with Crippen LogP contribution in [0.5, 0.6) is 0 Å². The number of hydrogen-bond acceptors (Lipinski definition) is 2. The molecule has 1 fully saturated rings. The van der Waals surface area contributed by atoms with E-state index in [1.54, 1.807) is 4.90 Å². The Hall–Kier alpha value is -3.08. The van der Waals surface area contributed by atoms with E-state index in [1.165, 1.54) is 0 Å². The van der Waals surface area contributed by atoms with Crippen LogP contribution in [0.3, 0.4) is 0 Å². The molecule has 0 spiro atoms. The second-order valence-electron chi connectivity index (χ2n) is 6.69. The van der Waals surface area contributed by atoms with Gasteiger partial charge in [-0.05, 0) is 49.2 Å². The summed E-state index contributed by atoms with van der Waals surface area (Å²) in [7, 11) is 0. The number of anilines is 2. The van der Waals surface area contributed by atoms with Crippen molar-refractivity contribution in [2.75, 3.05) is 16.8 Å². The van der Waals surface area contributed by atoms with Gasteiger partial charge in [0, 0.05) is 40.9 Å². The number of aromatic nitrogens is 1. The first-order valence-electron chi connectivity index (χ1n) is 8.88. The monoisotopic (exact) mass is 347 g/mol. The third kappa shape index (κ3) is 3.08. The molecule has 1 aliphatic rings. The largest absolute Gasteiger partial charge is 0.358 e. The standard InChI is InChI=1S/C21H21N3O2/c1-14-18(17-5-2-3-6-19(17)22-14)13-20(25)23-15-8-10-16(11-9-15)24-12-4-7-21(24)26/h2-3,5-6,8-11,22H,4,7,12-13H2,1H3,(H,23,25). The lowest BCUT2D eigenvalue weighted by Crippen LogP contribution is -2.23. The third-order valence-electron chi connectivity index (χ3n) is 4.90. The second kappa shape index (κ2) is 6.67. The lowest BCUT2D eigenvalue weighted by molar-refractivity contribution is -0.117. The van der Waals surface area contributed by atoms with Crippen LogP contribution in [0.15, 0.2) is 48.5 Å². The van der Waals surface area contributed by atoms with Crippen LogP contribution in [0.25, 0.3) is 10.9 Å². The number of aryl methyl sites for hydroxylation is 1. The molecule has 0 aliphatic carbocycles. The molecule has 2 heterocycles. The molecule has 0 atom stereocenters. The van der Waals surface area contributed by atoms with Crippen molar-refractivity contribution in [2.24, 2.45) is 0 Å². The summed E-state index contributed by atoms with van der Waals surface area (Å²) in [6.45, 7) is 2.76. The number of hydrogen-bond donors (Lipinski definition) is 2. The summed E-state index contributed by atoms with van der Waals surface area (Å²) in [6.07, 6.45) is 1.84. The smallest absolute Gasteiger partial charge is 0.228 e. The number of aromatic amines is 1. The van der Waals surface area contributed by atoms with Crippen LogP contribution in [0, 0.1) is 6.92 Å². The molecular formula is C21H21N3O2. The minimum absolute atomic E-state index is 0.0529. The molecule has 0 saturated carbocycles. The van der Waals surface area contributed by atoms with Crippen LogP contribution < -0.4 is 10.2 Å². The number of nitrogens with zero attached hydrogens (tertiary/aromatic N) is 1. The minimum atomic E-state index is -0.0529. The normalized spacial score (nSPS) is 14.2. The molecule has 1 aliphatic heterocycles. The number of nitrogens with one attached hydrogen (secondary N) is 2. The Morgan fingerprint density at radius 1 is 1.15 bits per heavy atom. The van der Waals surface area contributed by atoms with Crippen molar-refractivity contribution in [3.8, 4) is 0 Å². The van der Waals surface area contributed by atoms with Gasteiger partial charge in [0.05, 0.1) is 6.42 Å². The lowest BCUT2D eigenvalue weighted by Gasteiger charge is -2.16. The average molecular weight is 347 g/mol. The summed E-state index contributed by atoms with van der Waals surface area (Å²) in [6, 6.07) is 15.5. The van der Waals surface area contributed by atoms with Gasteiger partial charge in [0.15, 0.2) is 0 Å². The van der Waals surface area contributed by atoms with Crippen LogP contribution in [-0.4, -0.2) is 23.3 Å². The zero-order chi connectivity index (χ0) is 18.1. The van der Waals surface area contributed by atoms with E-state index in [0.717, 1.165) is 46.5 Å². The van der Waals surface area contributed by atoms with E-state index in [-0.39, 0.29) is 11.8 Å². The summed E-state index contributed by atoms with van der Waals surface area (Å²) in [4.78, 5) is 29.4. The zero-order valence-corrected chi connectivity index (χ0v) is 14.7. The molecule has 26 heavy (non-hydrogen) atoms. The highest BCUT2D eigenvalue weighted by atomic mass is 16.2. The molecular weight excluding hydrogens is 326 g/mol. The van der Waals surface area contributed by atoms with Gasteiger partial charge in [0.1, 0.15) is 0 Å². The van der Waals surface area contributed by atoms with Crippen LogP contribution in [0.1, 0.15) is 24.1 Å². The summed E-state index contributed by atoms with van der Waals surface area (Å²) >= 11 is 0. The van der Waals surface area contributed by atoms with Crippen LogP contribution in [0.4, 0.5) is 11.4 Å². The highest BCUT2D eigenvalue weighted by molar-refractivity contribution is 5.97. The molecule has 0 bridgehead atoms. The van der Waals surface area contributed by atoms with Gasteiger partial charge in [0.2, 0.25) is 11.8 Å². The predicted molar refractivity (Wildman–Crippen MR) is 103 cm³/mol. The van der Waals surface area contributed by atoms with Gasteiger partial charge in [-0.3, -0.25) is 9.59 Å². The molecule has 2 aromatic carbocycles. The molecule has 0 unspecified atom stereocenters. The number of para-hydroxylation sites is 1. The van der Waals surface area contributed by atoms with Crippen LogP contribution in [-0.2, 0) is 16.0 Å².